The normalized spacial score (nSPS) is 25.7. The standard InChI is InChI=1S/C13H28N/c1-11(2)13(12(3)4)7-9-14(5,6)10-8-13/h11-12H,7-10H2,1-6H3/q+1. The first-order valence-electron chi connectivity index (χ1n) is 6.12. The fraction of sp³-hybridized carbons (Fsp3) is 1.00. The lowest BCUT2D eigenvalue weighted by Gasteiger charge is -2.49. The van der Waals surface area contributed by atoms with Gasteiger partial charge >= 0.3 is 0 Å². The maximum absolute atomic E-state index is 2.41. The molecule has 0 saturated carbocycles. The van der Waals surface area contributed by atoms with E-state index in [1.807, 2.05) is 0 Å². The molecular weight excluding hydrogens is 170 g/mol. The predicted octanol–water partition coefficient (Wildman–Crippen LogP) is 3.16. The van der Waals surface area contributed by atoms with Crippen molar-refractivity contribution in [2.45, 2.75) is 40.5 Å². The molecule has 14 heavy (non-hydrogen) atoms. The molecule has 0 amide bonds. The Morgan fingerprint density at radius 3 is 1.50 bits per heavy atom. The quantitative estimate of drug-likeness (QED) is 0.598. The maximum atomic E-state index is 2.41. The molecule has 0 radical (unpaired) electrons. The maximum Gasteiger partial charge on any atom is 0.0788 e. The summed E-state index contributed by atoms with van der Waals surface area (Å²) in [6.07, 6.45) is 2.82. The van der Waals surface area contributed by atoms with Gasteiger partial charge in [0.2, 0.25) is 0 Å². The van der Waals surface area contributed by atoms with Gasteiger partial charge in [-0.3, -0.25) is 0 Å². The van der Waals surface area contributed by atoms with Crippen molar-refractivity contribution in [2.24, 2.45) is 17.3 Å². The first kappa shape index (κ1) is 12.0. The third-order valence-corrected chi connectivity index (χ3v) is 4.66. The molecule has 0 aliphatic carbocycles. The molecule has 1 heterocycles. The van der Waals surface area contributed by atoms with Crippen LogP contribution in [0.4, 0.5) is 0 Å². The highest BCUT2D eigenvalue weighted by molar-refractivity contribution is 4.87. The summed E-state index contributed by atoms with van der Waals surface area (Å²) < 4.78 is 1.22. The molecule has 0 bridgehead atoms. The van der Waals surface area contributed by atoms with E-state index in [4.69, 9.17) is 0 Å². The zero-order valence-electron chi connectivity index (χ0n) is 10.9. The van der Waals surface area contributed by atoms with Gasteiger partial charge in [-0.2, -0.15) is 0 Å². The van der Waals surface area contributed by atoms with Crippen LogP contribution in [-0.4, -0.2) is 31.7 Å². The Labute approximate surface area is 90.1 Å². The van der Waals surface area contributed by atoms with E-state index in [0.717, 1.165) is 11.8 Å². The smallest absolute Gasteiger partial charge is 0.0788 e. The van der Waals surface area contributed by atoms with Crippen molar-refractivity contribution >= 4 is 0 Å². The summed E-state index contributed by atoms with van der Waals surface area (Å²) in [5.41, 5.74) is 0.619. The minimum Gasteiger partial charge on any atom is -0.328 e. The second kappa shape index (κ2) is 3.84. The molecule has 84 valence electrons. The number of rotatable bonds is 2. The van der Waals surface area contributed by atoms with Crippen molar-refractivity contribution in [3.8, 4) is 0 Å². The summed E-state index contributed by atoms with van der Waals surface area (Å²) in [5, 5.41) is 0. The summed E-state index contributed by atoms with van der Waals surface area (Å²) in [6, 6.07) is 0. The fourth-order valence-corrected chi connectivity index (χ4v) is 3.08. The van der Waals surface area contributed by atoms with Gasteiger partial charge in [-0.15, -0.1) is 0 Å². The van der Waals surface area contributed by atoms with E-state index in [2.05, 4.69) is 41.8 Å². The monoisotopic (exact) mass is 198 g/mol. The van der Waals surface area contributed by atoms with Gasteiger partial charge in [0.1, 0.15) is 0 Å². The largest absolute Gasteiger partial charge is 0.328 e. The molecule has 0 atom stereocenters. The molecule has 1 heteroatoms. The molecule has 0 aromatic heterocycles. The van der Waals surface area contributed by atoms with Gasteiger partial charge in [-0.05, 0) is 17.3 Å². The van der Waals surface area contributed by atoms with E-state index < -0.39 is 0 Å². The van der Waals surface area contributed by atoms with E-state index in [0.29, 0.717) is 5.41 Å². The zero-order valence-corrected chi connectivity index (χ0v) is 10.9. The van der Waals surface area contributed by atoms with Crippen molar-refractivity contribution < 1.29 is 4.48 Å². The molecular formula is C13H28N+. The van der Waals surface area contributed by atoms with E-state index >= 15 is 0 Å². The number of hydrogen-bond acceptors (Lipinski definition) is 0. The number of likely N-dealkylation sites (tertiary alicyclic amines) is 1. The molecule has 1 fully saturated rings. The zero-order chi connectivity index (χ0) is 11.0. The number of piperidine rings is 1. The van der Waals surface area contributed by atoms with Crippen LogP contribution in [0, 0.1) is 17.3 Å². The van der Waals surface area contributed by atoms with Gasteiger partial charge in [0.15, 0.2) is 0 Å². The predicted molar refractivity (Wildman–Crippen MR) is 63.2 cm³/mol. The van der Waals surface area contributed by atoms with Gasteiger partial charge in [0, 0.05) is 12.8 Å². The number of nitrogens with zero attached hydrogens (tertiary/aromatic N) is 1. The first-order chi connectivity index (χ1) is 6.30. The molecule has 1 aliphatic heterocycles. The Morgan fingerprint density at radius 1 is 0.857 bits per heavy atom. The first-order valence-corrected chi connectivity index (χ1v) is 6.12. The third kappa shape index (κ3) is 2.13. The Bertz CT molecular complexity index is 171. The van der Waals surface area contributed by atoms with Crippen molar-refractivity contribution in [1.29, 1.82) is 0 Å². The summed E-state index contributed by atoms with van der Waals surface area (Å²) >= 11 is 0. The van der Waals surface area contributed by atoms with Crippen molar-refractivity contribution in [1.82, 2.24) is 0 Å². The molecule has 1 saturated heterocycles. The molecule has 1 nitrogen and oxygen atoms in total. The molecule has 0 N–H and O–H groups in total. The lowest BCUT2D eigenvalue weighted by Crippen LogP contribution is -2.52. The second-order valence-electron chi connectivity index (χ2n) is 6.43. The van der Waals surface area contributed by atoms with Crippen LogP contribution in [0.3, 0.4) is 0 Å². The number of quaternary nitrogens is 1. The molecule has 1 rings (SSSR count). The van der Waals surface area contributed by atoms with Gasteiger partial charge in [-0.25, -0.2) is 0 Å². The second-order valence-corrected chi connectivity index (χ2v) is 6.43. The topological polar surface area (TPSA) is 0 Å². The van der Waals surface area contributed by atoms with E-state index in [-0.39, 0.29) is 0 Å². The summed E-state index contributed by atoms with van der Waals surface area (Å²) in [4.78, 5) is 0. The Kier molecular flexibility index (Phi) is 3.30. The average Bonchev–Trinajstić information content (AvgIpc) is 2.03. The van der Waals surface area contributed by atoms with Gasteiger partial charge in [0.05, 0.1) is 27.2 Å². The Hall–Kier alpha value is -0.0400. The lowest BCUT2D eigenvalue weighted by atomic mass is 9.63. The van der Waals surface area contributed by atoms with Crippen LogP contribution >= 0.6 is 0 Å². The van der Waals surface area contributed by atoms with Crippen LogP contribution in [0.2, 0.25) is 0 Å². The summed E-state index contributed by atoms with van der Waals surface area (Å²) in [5.74, 6) is 1.67. The van der Waals surface area contributed by atoms with Crippen LogP contribution in [0.25, 0.3) is 0 Å². The Balaban J connectivity index is 2.75. The van der Waals surface area contributed by atoms with E-state index in [1.54, 1.807) is 0 Å². The van der Waals surface area contributed by atoms with Crippen LogP contribution in [-0.2, 0) is 0 Å². The van der Waals surface area contributed by atoms with Gasteiger partial charge in [0.25, 0.3) is 0 Å². The lowest BCUT2D eigenvalue weighted by molar-refractivity contribution is -0.898. The van der Waals surface area contributed by atoms with Gasteiger partial charge in [-0.1, -0.05) is 27.7 Å². The van der Waals surface area contributed by atoms with Crippen LogP contribution in [0.1, 0.15) is 40.5 Å². The third-order valence-electron chi connectivity index (χ3n) is 4.66. The molecule has 0 aromatic rings. The molecule has 1 aliphatic rings. The van der Waals surface area contributed by atoms with Crippen molar-refractivity contribution in [3.05, 3.63) is 0 Å². The van der Waals surface area contributed by atoms with Crippen LogP contribution in [0.15, 0.2) is 0 Å². The van der Waals surface area contributed by atoms with Crippen molar-refractivity contribution in [2.75, 3.05) is 27.2 Å². The Morgan fingerprint density at radius 2 is 1.21 bits per heavy atom. The highest BCUT2D eigenvalue weighted by atomic mass is 15.3. The van der Waals surface area contributed by atoms with E-state index in [9.17, 15) is 0 Å². The van der Waals surface area contributed by atoms with Crippen LogP contribution < -0.4 is 0 Å². The highest BCUT2D eigenvalue weighted by Crippen LogP contribution is 2.45. The fourth-order valence-electron chi connectivity index (χ4n) is 3.08. The van der Waals surface area contributed by atoms with E-state index in [1.165, 1.54) is 30.4 Å². The SMILES string of the molecule is CC(C)C1(C(C)C)CC[N+](C)(C)CC1. The molecule has 0 aromatic carbocycles. The molecule has 0 spiro atoms. The molecule has 0 unspecified atom stereocenters. The number of hydrogen-bond donors (Lipinski definition) is 0. The summed E-state index contributed by atoms with van der Waals surface area (Å²) in [6.45, 7) is 12.3. The minimum atomic E-state index is 0.619. The van der Waals surface area contributed by atoms with Crippen LogP contribution in [0.5, 0.6) is 0 Å². The highest BCUT2D eigenvalue weighted by Gasteiger charge is 2.43. The summed E-state index contributed by atoms with van der Waals surface area (Å²) in [7, 11) is 4.73. The van der Waals surface area contributed by atoms with Gasteiger partial charge < -0.3 is 4.48 Å². The van der Waals surface area contributed by atoms with Crippen molar-refractivity contribution in [3.63, 3.8) is 0 Å². The minimum absolute atomic E-state index is 0.619. The average molecular weight is 198 g/mol.